The molecule has 1 aliphatic rings. The molecule has 2 N–H and O–H groups in total. The fourth-order valence-electron chi connectivity index (χ4n) is 2.82. The van der Waals surface area contributed by atoms with Gasteiger partial charge in [-0.05, 0) is 49.1 Å². The normalized spacial score (nSPS) is 17.0. The van der Waals surface area contributed by atoms with Crippen LogP contribution in [0.3, 0.4) is 0 Å². The molecule has 0 aromatic heterocycles. The van der Waals surface area contributed by atoms with E-state index in [0.717, 1.165) is 36.8 Å². The van der Waals surface area contributed by atoms with E-state index < -0.39 is 22.9 Å². The van der Waals surface area contributed by atoms with Crippen LogP contribution in [0.2, 0.25) is 0 Å². The van der Waals surface area contributed by atoms with Crippen LogP contribution in [0.1, 0.15) is 45.1 Å². The summed E-state index contributed by atoms with van der Waals surface area (Å²) in [5.41, 5.74) is 0.684. The number of nitrogens with one attached hydrogen (secondary N) is 1. The van der Waals surface area contributed by atoms with Gasteiger partial charge in [-0.15, -0.1) is 0 Å². The Labute approximate surface area is 147 Å². The Morgan fingerprint density at radius 2 is 1.96 bits per heavy atom. The minimum Gasteiger partial charge on any atom is -0.480 e. The Morgan fingerprint density at radius 3 is 2.46 bits per heavy atom. The Morgan fingerprint density at radius 1 is 1.29 bits per heavy atom. The molecule has 0 saturated heterocycles. The van der Waals surface area contributed by atoms with Crippen LogP contribution in [-0.2, 0) is 16.0 Å². The van der Waals surface area contributed by atoms with Crippen LogP contribution in [-0.4, -0.2) is 28.0 Å². The van der Waals surface area contributed by atoms with Crippen molar-refractivity contribution in [1.82, 2.24) is 4.72 Å². The molecular weight excluding hydrogens is 326 g/mol. The monoisotopic (exact) mass is 351 g/mol. The number of hydrogen-bond donors (Lipinski definition) is 2. The largest absolute Gasteiger partial charge is 0.480 e. The van der Waals surface area contributed by atoms with E-state index in [1.165, 1.54) is 0 Å². The maximum absolute atomic E-state index is 12.1. The van der Waals surface area contributed by atoms with E-state index in [9.17, 15) is 14.7 Å². The third kappa shape index (κ3) is 5.44. The van der Waals surface area contributed by atoms with E-state index in [-0.39, 0.29) is 5.92 Å². The van der Waals surface area contributed by atoms with Gasteiger partial charge in [-0.1, -0.05) is 44.2 Å². The van der Waals surface area contributed by atoms with Crippen molar-refractivity contribution in [3.63, 3.8) is 0 Å². The van der Waals surface area contributed by atoms with E-state index >= 15 is 0 Å². The molecule has 24 heavy (non-hydrogen) atoms. The van der Waals surface area contributed by atoms with Gasteiger partial charge in [-0.2, -0.15) is 0 Å². The highest BCUT2D eigenvalue weighted by atomic mass is 32.2. The van der Waals surface area contributed by atoms with Gasteiger partial charge in [-0.25, -0.2) is 4.79 Å². The number of ether oxygens (including phenoxy) is 1. The van der Waals surface area contributed by atoms with Crippen LogP contribution in [0.15, 0.2) is 30.3 Å². The average Bonchev–Trinajstić information content (AvgIpc) is 2.49. The van der Waals surface area contributed by atoms with Gasteiger partial charge in [0.05, 0.1) is 0 Å². The molecule has 0 unspecified atom stereocenters. The molecule has 1 aliphatic carbocycles. The standard InChI is InChI=1S/C18H25NO4S/c1-13(2)11-15(16(20)21)24-19-17(22)23-18(9-6-10-18)12-14-7-4-3-5-8-14/h3-5,7-8,13,15H,6,9-12H2,1-2H3,(H,19,22)(H,20,21)/t15-/m0/s1. The van der Waals surface area contributed by atoms with Crippen molar-refractivity contribution in [3.05, 3.63) is 35.9 Å². The summed E-state index contributed by atoms with van der Waals surface area (Å²) in [6, 6.07) is 9.96. The number of carboxylic acids is 1. The Hall–Kier alpha value is -1.69. The zero-order chi connectivity index (χ0) is 17.6. The zero-order valence-electron chi connectivity index (χ0n) is 14.2. The van der Waals surface area contributed by atoms with Gasteiger partial charge in [-0.3, -0.25) is 9.52 Å². The molecule has 2 rings (SSSR count). The molecule has 0 heterocycles. The van der Waals surface area contributed by atoms with Crippen LogP contribution in [0.5, 0.6) is 0 Å². The zero-order valence-corrected chi connectivity index (χ0v) is 15.0. The third-order valence-corrected chi connectivity index (χ3v) is 5.15. The number of aliphatic carboxylic acids is 1. The van der Waals surface area contributed by atoms with Crippen molar-refractivity contribution in [3.8, 4) is 0 Å². The van der Waals surface area contributed by atoms with Gasteiger partial charge in [0.2, 0.25) is 0 Å². The SMILES string of the molecule is CC(C)C[C@H](SNC(=O)OC1(Cc2ccccc2)CCC1)C(=O)O. The van der Waals surface area contributed by atoms with E-state index in [1.54, 1.807) is 0 Å². The van der Waals surface area contributed by atoms with Crippen molar-refractivity contribution < 1.29 is 19.4 Å². The van der Waals surface area contributed by atoms with Crippen molar-refractivity contribution in [2.24, 2.45) is 5.92 Å². The molecule has 1 aromatic carbocycles. The third-order valence-electron chi connectivity index (χ3n) is 4.19. The second-order valence-electron chi connectivity index (χ2n) is 6.76. The molecule has 0 spiro atoms. The van der Waals surface area contributed by atoms with Gasteiger partial charge in [0, 0.05) is 6.42 Å². The first-order chi connectivity index (χ1) is 11.4. The number of hydrogen-bond acceptors (Lipinski definition) is 4. The molecule has 132 valence electrons. The Bertz CT molecular complexity index is 557. The van der Waals surface area contributed by atoms with Crippen LogP contribution in [0, 0.1) is 5.92 Å². The lowest BCUT2D eigenvalue weighted by atomic mass is 9.76. The molecule has 1 saturated carbocycles. The van der Waals surface area contributed by atoms with E-state index in [4.69, 9.17) is 4.74 Å². The molecule has 1 atom stereocenters. The number of carbonyl (C=O) groups excluding carboxylic acids is 1. The second kappa shape index (κ2) is 8.42. The summed E-state index contributed by atoms with van der Waals surface area (Å²) >= 11 is 0.924. The van der Waals surface area contributed by atoms with Gasteiger partial charge in [0.25, 0.3) is 0 Å². The summed E-state index contributed by atoms with van der Waals surface area (Å²) in [6.45, 7) is 3.91. The fraction of sp³-hybridized carbons (Fsp3) is 0.556. The summed E-state index contributed by atoms with van der Waals surface area (Å²) in [4.78, 5) is 23.3. The Balaban J connectivity index is 1.86. The summed E-state index contributed by atoms with van der Waals surface area (Å²) in [6.07, 6.45) is 3.36. The van der Waals surface area contributed by atoms with Crippen molar-refractivity contribution in [1.29, 1.82) is 0 Å². The fourth-order valence-corrected chi connectivity index (χ4v) is 3.68. The van der Waals surface area contributed by atoms with Crippen LogP contribution in [0.4, 0.5) is 4.79 Å². The molecule has 0 bridgehead atoms. The molecule has 1 aromatic rings. The van der Waals surface area contributed by atoms with Gasteiger partial charge >= 0.3 is 12.1 Å². The smallest absolute Gasteiger partial charge is 0.417 e. The predicted octanol–water partition coefficient (Wildman–Crippen LogP) is 4.03. The minimum absolute atomic E-state index is 0.243. The van der Waals surface area contributed by atoms with E-state index in [0.29, 0.717) is 12.8 Å². The van der Waals surface area contributed by atoms with Crippen LogP contribution < -0.4 is 4.72 Å². The predicted molar refractivity (Wildman–Crippen MR) is 94.8 cm³/mol. The van der Waals surface area contributed by atoms with E-state index in [2.05, 4.69) is 4.72 Å². The average molecular weight is 351 g/mol. The first-order valence-corrected chi connectivity index (χ1v) is 9.19. The molecule has 5 nitrogen and oxygen atoms in total. The summed E-state index contributed by atoms with van der Waals surface area (Å²) < 4.78 is 8.20. The lowest BCUT2D eigenvalue weighted by Gasteiger charge is -2.41. The van der Waals surface area contributed by atoms with Gasteiger partial charge in [0.15, 0.2) is 0 Å². The van der Waals surface area contributed by atoms with Crippen LogP contribution >= 0.6 is 11.9 Å². The highest BCUT2D eigenvalue weighted by molar-refractivity contribution is 7.99. The summed E-state index contributed by atoms with van der Waals surface area (Å²) in [7, 11) is 0. The maximum atomic E-state index is 12.1. The molecule has 0 aliphatic heterocycles. The second-order valence-corrected chi connectivity index (χ2v) is 7.77. The number of benzene rings is 1. The van der Waals surface area contributed by atoms with Crippen LogP contribution in [0.25, 0.3) is 0 Å². The molecule has 6 heteroatoms. The van der Waals surface area contributed by atoms with Gasteiger partial charge < -0.3 is 9.84 Å². The van der Waals surface area contributed by atoms with E-state index in [1.807, 2.05) is 44.2 Å². The maximum Gasteiger partial charge on any atom is 0.417 e. The lowest BCUT2D eigenvalue weighted by Crippen LogP contribution is -2.45. The topological polar surface area (TPSA) is 75.6 Å². The summed E-state index contributed by atoms with van der Waals surface area (Å²) in [5, 5.41) is 8.54. The van der Waals surface area contributed by atoms with Crippen molar-refractivity contribution in [2.45, 2.75) is 56.8 Å². The number of rotatable bonds is 8. The molecule has 1 fully saturated rings. The van der Waals surface area contributed by atoms with Crippen molar-refractivity contribution >= 4 is 24.0 Å². The molecule has 0 radical (unpaired) electrons. The number of carbonyl (C=O) groups is 2. The number of carboxylic acid groups (broad SMARTS) is 1. The first-order valence-electron chi connectivity index (χ1n) is 8.31. The Kier molecular flexibility index (Phi) is 6.54. The minimum atomic E-state index is -0.920. The number of amides is 1. The van der Waals surface area contributed by atoms with Gasteiger partial charge in [0.1, 0.15) is 10.9 Å². The highest BCUT2D eigenvalue weighted by Gasteiger charge is 2.41. The first kappa shape index (κ1) is 18.6. The summed E-state index contributed by atoms with van der Waals surface area (Å²) in [5.74, 6) is -0.677. The lowest BCUT2D eigenvalue weighted by molar-refractivity contribution is -0.136. The molecular formula is C18H25NO4S. The quantitative estimate of drug-likeness (QED) is 0.692. The molecule has 1 amide bonds. The highest BCUT2D eigenvalue weighted by Crippen LogP contribution is 2.38. The van der Waals surface area contributed by atoms with Crippen molar-refractivity contribution in [2.75, 3.05) is 0 Å².